The average Bonchev–Trinajstić information content (AvgIpc) is 3.10. The lowest BCUT2D eigenvalue weighted by atomic mass is 10.2. The van der Waals surface area contributed by atoms with Gasteiger partial charge >= 0.3 is 0 Å². The average molecular weight is 320 g/mol. The molecule has 0 bridgehead atoms. The molecule has 0 spiro atoms. The lowest BCUT2D eigenvalue weighted by molar-refractivity contribution is 0.572. The zero-order chi connectivity index (χ0) is 14.8. The Morgan fingerprint density at radius 3 is 2.71 bits per heavy atom. The van der Waals surface area contributed by atoms with Crippen LogP contribution in [0.4, 0.5) is 0 Å². The van der Waals surface area contributed by atoms with Crippen LogP contribution in [0.15, 0.2) is 52.2 Å². The third kappa shape index (κ3) is 2.84. The minimum absolute atomic E-state index is 0.186. The summed E-state index contributed by atoms with van der Waals surface area (Å²) in [6.45, 7) is 2.10. The smallest absolute Gasteiger partial charge is 0.200 e. The van der Waals surface area contributed by atoms with Crippen molar-refractivity contribution in [3.63, 3.8) is 0 Å². The fraction of sp³-hybridized carbons (Fsp3) is 0.200. The molecule has 3 aromatic rings. The SMILES string of the molecule is C[C@H](Sc1nnc(-c2ccco2)n1C)c1ccccc1Cl. The van der Waals surface area contributed by atoms with Crippen molar-refractivity contribution in [2.75, 3.05) is 0 Å². The van der Waals surface area contributed by atoms with Crippen LogP contribution in [-0.2, 0) is 7.05 Å². The second-order valence-corrected chi connectivity index (χ2v) is 6.34. The van der Waals surface area contributed by atoms with Crippen molar-refractivity contribution in [2.24, 2.45) is 7.05 Å². The van der Waals surface area contributed by atoms with Gasteiger partial charge in [-0.15, -0.1) is 10.2 Å². The van der Waals surface area contributed by atoms with Crippen molar-refractivity contribution in [3.8, 4) is 11.6 Å². The van der Waals surface area contributed by atoms with E-state index in [0.717, 1.165) is 15.7 Å². The van der Waals surface area contributed by atoms with Gasteiger partial charge in [-0.05, 0) is 30.7 Å². The third-order valence-electron chi connectivity index (χ3n) is 3.20. The first kappa shape index (κ1) is 14.2. The Hall–Kier alpha value is -1.72. The molecule has 1 atom stereocenters. The van der Waals surface area contributed by atoms with E-state index in [1.54, 1.807) is 18.0 Å². The highest BCUT2D eigenvalue weighted by atomic mass is 35.5. The topological polar surface area (TPSA) is 43.9 Å². The molecule has 0 aliphatic carbocycles. The second kappa shape index (κ2) is 5.95. The molecule has 0 aliphatic rings. The van der Waals surface area contributed by atoms with Gasteiger partial charge in [0.15, 0.2) is 16.7 Å². The van der Waals surface area contributed by atoms with E-state index in [-0.39, 0.29) is 5.25 Å². The van der Waals surface area contributed by atoms with Crippen molar-refractivity contribution in [1.29, 1.82) is 0 Å². The van der Waals surface area contributed by atoms with Gasteiger partial charge in [-0.25, -0.2) is 0 Å². The molecule has 0 radical (unpaired) electrons. The van der Waals surface area contributed by atoms with Gasteiger partial charge in [0.2, 0.25) is 0 Å². The molecular formula is C15H14ClN3OS. The van der Waals surface area contributed by atoms with Crippen molar-refractivity contribution < 1.29 is 4.42 Å². The van der Waals surface area contributed by atoms with E-state index in [0.29, 0.717) is 11.6 Å². The van der Waals surface area contributed by atoms with Crippen LogP contribution in [0, 0.1) is 0 Å². The van der Waals surface area contributed by atoms with Crippen molar-refractivity contribution in [3.05, 3.63) is 53.2 Å². The van der Waals surface area contributed by atoms with E-state index < -0.39 is 0 Å². The van der Waals surface area contributed by atoms with Crippen LogP contribution in [0.1, 0.15) is 17.7 Å². The highest BCUT2D eigenvalue weighted by Gasteiger charge is 2.17. The Kier molecular flexibility index (Phi) is 4.03. The van der Waals surface area contributed by atoms with Crippen LogP contribution in [0.25, 0.3) is 11.6 Å². The molecule has 2 heterocycles. The highest BCUT2D eigenvalue weighted by molar-refractivity contribution is 7.99. The van der Waals surface area contributed by atoms with Crippen LogP contribution in [0.3, 0.4) is 0 Å². The Morgan fingerprint density at radius 1 is 1.19 bits per heavy atom. The van der Waals surface area contributed by atoms with Crippen molar-refractivity contribution in [2.45, 2.75) is 17.3 Å². The zero-order valence-electron chi connectivity index (χ0n) is 11.7. The molecule has 3 rings (SSSR count). The molecule has 4 nitrogen and oxygen atoms in total. The predicted molar refractivity (Wildman–Crippen MR) is 84.4 cm³/mol. The Morgan fingerprint density at radius 2 is 2.00 bits per heavy atom. The molecule has 0 saturated heterocycles. The van der Waals surface area contributed by atoms with Gasteiger partial charge in [0.05, 0.1) is 6.26 Å². The van der Waals surface area contributed by atoms with Gasteiger partial charge in [0, 0.05) is 17.3 Å². The van der Waals surface area contributed by atoms with Crippen LogP contribution >= 0.6 is 23.4 Å². The maximum Gasteiger partial charge on any atom is 0.200 e. The summed E-state index contributed by atoms with van der Waals surface area (Å²) in [6.07, 6.45) is 1.63. The summed E-state index contributed by atoms with van der Waals surface area (Å²) in [5.74, 6) is 1.43. The molecule has 0 aliphatic heterocycles. The molecule has 0 amide bonds. The van der Waals surface area contributed by atoms with E-state index in [4.69, 9.17) is 16.0 Å². The number of aromatic nitrogens is 3. The lowest BCUT2D eigenvalue weighted by Gasteiger charge is -2.12. The lowest BCUT2D eigenvalue weighted by Crippen LogP contribution is -1.96. The molecule has 0 fully saturated rings. The Labute approximate surface area is 132 Å². The standard InChI is InChI=1S/C15H14ClN3OS/c1-10(11-6-3-4-7-12(11)16)21-15-18-17-14(19(15)2)13-8-5-9-20-13/h3-10H,1-2H3/t10-/m0/s1. The third-order valence-corrected chi connectivity index (χ3v) is 4.72. The number of thioether (sulfide) groups is 1. The van der Waals surface area contributed by atoms with Gasteiger partial charge in [0.1, 0.15) is 0 Å². The summed E-state index contributed by atoms with van der Waals surface area (Å²) in [5.41, 5.74) is 1.09. The first-order chi connectivity index (χ1) is 10.2. The summed E-state index contributed by atoms with van der Waals surface area (Å²) < 4.78 is 7.30. The fourth-order valence-corrected chi connectivity index (χ4v) is 3.41. The number of halogens is 1. The Bertz CT molecular complexity index is 739. The molecule has 0 unspecified atom stereocenters. The van der Waals surface area contributed by atoms with E-state index in [9.17, 15) is 0 Å². The first-order valence-electron chi connectivity index (χ1n) is 6.51. The van der Waals surface area contributed by atoms with E-state index in [1.807, 2.05) is 48.0 Å². The number of hydrogen-bond donors (Lipinski definition) is 0. The predicted octanol–water partition coefficient (Wildman–Crippen LogP) is 4.58. The monoisotopic (exact) mass is 319 g/mol. The normalized spacial score (nSPS) is 12.5. The van der Waals surface area contributed by atoms with E-state index in [1.165, 1.54) is 0 Å². The van der Waals surface area contributed by atoms with Gasteiger partial charge in [-0.1, -0.05) is 41.6 Å². The molecule has 2 aromatic heterocycles. The summed E-state index contributed by atoms with van der Waals surface area (Å²) in [5, 5.41) is 10.2. The number of furan rings is 1. The number of benzene rings is 1. The van der Waals surface area contributed by atoms with Crippen LogP contribution in [-0.4, -0.2) is 14.8 Å². The molecule has 0 N–H and O–H groups in total. The fourth-order valence-electron chi connectivity index (χ4n) is 2.06. The van der Waals surface area contributed by atoms with Crippen LogP contribution in [0.5, 0.6) is 0 Å². The van der Waals surface area contributed by atoms with Gasteiger partial charge in [-0.2, -0.15) is 0 Å². The van der Waals surface area contributed by atoms with Crippen molar-refractivity contribution >= 4 is 23.4 Å². The van der Waals surface area contributed by atoms with Gasteiger partial charge < -0.3 is 8.98 Å². The molecular weight excluding hydrogens is 306 g/mol. The van der Waals surface area contributed by atoms with Gasteiger partial charge in [-0.3, -0.25) is 0 Å². The second-order valence-electron chi connectivity index (χ2n) is 4.62. The van der Waals surface area contributed by atoms with E-state index >= 15 is 0 Å². The number of rotatable bonds is 4. The maximum atomic E-state index is 6.24. The quantitative estimate of drug-likeness (QED) is 0.660. The zero-order valence-corrected chi connectivity index (χ0v) is 13.2. The number of nitrogens with zero attached hydrogens (tertiary/aromatic N) is 3. The minimum atomic E-state index is 0.186. The highest BCUT2D eigenvalue weighted by Crippen LogP contribution is 2.37. The summed E-state index contributed by atoms with van der Waals surface area (Å²) >= 11 is 7.86. The molecule has 21 heavy (non-hydrogen) atoms. The molecule has 108 valence electrons. The van der Waals surface area contributed by atoms with Crippen molar-refractivity contribution in [1.82, 2.24) is 14.8 Å². The largest absolute Gasteiger partial charge is 0.461 e. The van der Waals surface area contributed by atoms with Crippen LogP contribution < -0.4 is 0 Å². The summed E-state index contributed by atoms with van der Waals surface area (Å²) in [6, 6.07) is 11.6. The molecule has 1 aromatic carbocycles. The van der Waals surface area contributed by atoms with Crippen LogP contribution in [0.2, 0.25) is 5.02 Å². The Balaban J connectivity index is 1.85. The van der Waals surface area contributed by atoms with Gasteiger partial charge in [0.25, 0.3) is 0 Å². The summed E-state index contributed by atoms with van der Waals surface area (Å²) in [7, 11) is 1.93. The molecule has 0 saturated carbocycles. The maximum absolute atomic E-state index is 6.24. The summed E-state index contributed by atoms with van der Waals surface area (Å²) in [4.78, 5) is 0. The first-order valence-corrected chi connectivity index (χ1v) is 7.77. The van der Waals surface area contributed by atoms with E-state index in [2.05, 4.69) is 17.1 Å². The minimum Gasteiger partial charge on any atom is -0.461 e. The molecule has 6 heteroatoms. The number of hydrogen-bond acceptors (Lipinski definition) is 4.